The van der Waals surface area contributed by atoms with Gasteiger partial charge in [0.25, 0.3) is 0 Å². The van der Waals surface area contributed by atoms with Crippen LogP contribution in [0.25, 0.3) is 0 Å². The normalized spacial score (nSPS) is 31.3. The molecule has 2 fully saturated rings. The Morgan fingerprint density at radius 2 is 1.83 bits per heavy atom. The molecule has 2 aliphatic rings. The van der Waals surface area contributed by atoms with E-state index in [9.17, 15) is 0 Å². The standard InChI is InChI=1S/C15H31N3/c1-4-7-16-14-5-6-15(12-14)18-10-8-17(9-11-18)13(2)3/h13-16H,4-12H2,1-3H3. The minimum Gasteiger partial charge on any atom is -0.314 e. The van der Waals surface area contributed by atoms with E-state index < -0.39 is 0 Å². The Bertz CT molecular complexity index is 234. The summed E-state index contributed by atoms with van der Waals surface area (Å²) in [6, 6.07) is 2.36. The highest BCUT2D eigenvalue weighted by atomic mass is 15.3. The fraction of sp³-hybridized carbons (Fsp3) is 1.00. The van der Waals surface area contributed by atoms with Gasteiger partial charge in [0.15, 0.2) is 0 Å². The van der Waals surface area contributed by atoms with Gasteiger partial charge in [0, 0.05) is 44.3 Å². The Morgan fingerprint density at radius 1 is 1.11 bits per heavy atom. The summed E-state index contributed by atoms with van der Waals surface area (Å²) in [5, 5.41) is 3.69. The van der Waals surface area contributed by atoms with Crippen molar-refractivity contribution in [3.05, 3.63) is 0 Å². The first-order chi connectivity index (χ1) is 8.70. The molecule has 0 aromatic rings. The molecule has 2 atom stereocenters. The van der Waals surface area contributed by atoms with Crippen LogP contribution in [0.1, 0.15) is 46.5 Å². The van der Waals surface area contributed by atoms with E-state index in [-0.39, 0.29) is 0 Å². The van der Waals surface area contributed by atoms with Crippen molar-refractivity contribution >= 4 is 0 Å². The summed E-state index contributed by atoms with van der Waals surface area (Å²) in [6.45, 7) is 13.2. The van der Waals surface area contributed by atoms with Gasteiger partial charge in [-0.2, -0.15) is 0 Å². The van der Waals surface area contributed by atoms with Gasteiger partial charge in [-0.1, -0.05) is 6.92 Å². The molecular weight excluding hydrogens is 222 g/mol. The maximum absolute atomic E-state index is 3.69. The van der Waals surface area contributed by atoms with Gasteiger partial charge in [0.1, 0.15) is 0 Å². The molecule has 1 saturated heterocycles. The van der Waals surface area contributed by atoms with Gasteiger partial charge in [-0.25, -0.2) is 0 Å². The summed E-state index contributed by atoms with van der Waals surface area (Å²) in [4.78, 5) is 5.35. The molecule has 18 heavy (non-hydrogen) atoms. The van der Waals surface area contributed by atoms with Gasteiger partial charge in [0.05, 0.1) is 0 Å². The van der Waals surface area contributed by atoms with Crippen molar-refractivity contribution in [3.63, 3.8) is 0 Å². The average Bonchev–Trinajstić information content (AvgIpc) is 2.85. The zero-order chi connectivity index (χ0) is 13.0. The lowest BCUT2D eigenvalue weighted by Gasteiger charge is -2.39. The van der Waals surface area contributed by atoms with E-state index in [1.807, 2.05) is 0 Å². The number of piperazine rings is 1. The van der Waals surface area contributed by atoms with E-state index in [2.05, 4.69) is 35.9 Å². The number of hydrogen-bond donors (Lipinski definition) is 1. The van der Waals surface area contributed by atoms with Crippen LogP contribution in [0, 0.1) is 0 Å². The van der Waals surface area contributed by atoms with Crippen molar-refractivity contribution in [2.45, 2.75) is 64.6 Å². The van der Waals surface area contributed by atoms with E-state index in [0.29, 0.717) is 0 Å². The quantitative estimate of drug-likeness (QED) is 0.808. The second kappa shape index (κ2) is 6.88. The van der Waals surface area contributed by atoms with Crippen LogP contribution in [0.4, 0.5) is 0 Å². The Morgan fingerprint density at radius 3 is 2.44 bits per heavy atom. The van der Waals surface area contributed by atoms with Crippen molar-refractivity contribution in [1.29, 1.82) is 0 Å². The number of rotatable bonds is 5. The van der Waals surface area contributed by atoms with Crippen molar-refractivity contribution in [1.82, 2.24) is 15.1 Å². The van der Waals surface area contributed by atoms with Crippen LogP contribution in [0.5, 0.6) is 0 Å². The molecule has 3 heteroatoms. The molecule has 0 radical (unpaired) electrons. The molecule has 1 N–H and O–H groups in total. The van der Waals surface area contributed by atoms with Crippen LogP contribution in [0.2, 0.25) is 0 Å². The van der Waals surface area contributed by atoms with E-state index in [0.717, 1.165) is 18.1 Å². The Balaban J connectivity index is 1.71. The first-order valence-corrected chi connectivity index (χ1v) is 7.92. The van der Waals surface area contributed by atoms with Crippen LogP contribution in [0.15, 0.2) is 0 Å². The number of hydrogen-bond acceptors (Lipinski definition) is 3. The molecule has 0 aromatic heterocycles. The molecule has 106 valence electrons. The molecule has 1 saturated carbocycles. The highest BCUT2D eigenvalue weighted by molar-refractivity contribution is 4.89. The van der Waals surface area contributed by atoms with Gasteiger partial charge in [0.2, 0.25) is 0 Å². The minimum absolute atomic E-state index is 0.717. The highest BCUT2D eigenvalue weighted by Crippen LogP contribution is 2.25. The van der Waals surface area contributed by atoms with Crippen molar-refractivity contribution in [3.8, 4) is 0 Å². The maximum atomic E-state index is 3.69. The Hall–Kier alpha value is -0.120. The van der Waals surface area contributed by atoms with Crippen LogP contribution in [-0.4, -0.2) is 60.6 Å². The molecular formula is C15H31N3. The molecule has 2 unspecified atom stereocenters. The molecule has 0 spiro atoms. The first-order valence-electron chi connectivity index (χ1n) is 7.92. The number of nitrogens with zero attached hydrogens (tertiary/aromatic N) is 2. The second-order valence-corrected chi connectivity index (χ2v) is 6.28. The molecule has 0 bridgehead atoms. The maximum Gasteiger partial charge on any atom is 0.0113 e. The van der Waals surface area contributed by atoms with Gasteiger partial charge in [-0.3, -0.25) is 9.80 Å². The predicted octanol–water partition coefficient (Wildman–Crippen LogP) is 1.93. The molecule has 1 heterocycles. The Kier molecular flexibility index (Phi) is 5.46. The zero-order valence-corrected chi connectivity index (χ0v) is 12.5. The molecule has 1 aliphatic heterocycles. The summed E-state index contributed by atoms with van der Waals surface area (Å²) >= 11 is 0. The highest BCUT2D eigenvalue weighted by Gasteiger charge is 2.31. The van der Waals surface area contributed by atoms with E-state index >= 15 is 0 Å². The zero-order valence-electron chi connectivity index (χ0n) is 12.5. The van der Waals surface area contributed by atoms with E-state index in [1.54, 1.807) is 0 Å². The molecule has 0 aromatic carbocycles. The van der Waals surface area contributed by atoms with Crippen molar-refractivity contribution in [2.75, 3.05) is 32.7 Å². The largest absolute Gasteiger partial charge is 0.314 e. The lowest BCUT2D eigenvalue weighted by atomic mass is 10.1. The molecule has 0 amide bonds. The Labute approximate surface area is 113 Å². The summed E-state index contributed by atoms with van der Waals surface area (Å²) in [6.07, 6.45) is 5.42. The molecule has 2 rings (SSSR count). The van der Waals surface area contributed by atoms with Crippen LogP contribution in [-0.2, 0) is 0 Å². The third kappa shape index (κ3) is 3.69. The smallest absolute Gasteiger partial charge is 0.0113 e. The average molecular weight is 253 g/mol. The molecule has 3 nitrogen and oxygen atoms in total. The minimum atomic E-state index is 0.717. The number of nitrogens with one attached hydrogen (secondary N) is 1. The summed E-state index contributed by atoms with van der Waals surface area (Å²) in [5.74, 6) is 0. The van der Waals surface area contributed by atoms with Crippen molar-refractivity contribution in [2.24, 2.45) is 0 Å². The van der Waals surface area contributed by atoms with Crippen LogP contribution >= 0.6 is 0 Å². The third-order valence-electron chi connectivity index (χ3n) is 4.68. The van der Waals surface area contributed by atoms with Gasteiger partial charge in [-0.05, 0) is 46.1 Å². The van der Waals surface area contributed by atoms with E-state index in [1.165, 1.54) is 58.4 Å². The lowest BCUT2D eigenvalue weighted by molar-refractivity contribution is 0.0791. The summed E-state index contributed by atoms with van der Waals surface area (Å²) in [5.41, 5.74) is 0. The first kappa shape index (κ1) is 14.3. The SMILES string of the molecule is CCCNC1CCC(N2CCN(C(C)C)CC2)C1. The topological polar surface area (TPSA) is 18.5 Å². The van der Waals surface area contributed by atoms with Gasteiger partial charge in [-0.15, -0.1) is 0 Å². The van der Waals surface area contributed by atoms with Gasteiger partial charge < -0.3 is 5.32 Å². The van der Waals surface area contributed by atoms with Crippen LogP contribution < -0.4 is 5.32 Å². The predicted molar refractivity (Wildman–Crippen MR) is 78.0 cm³/mol. The summed E-state index contributed by atoms with van der Waals surface area (Å²) in [7, 11) is 0. The molecule has 1 aliphatic carbocycles. The monoisotopic (exact) mass is 253 g/mol. The lowest BCUT2D eigenvalue weighted by Crippen LogP contribution is -2.51. The fourth-order valence-corrected chi connectivity index (χ4v) is 3.44. The van der Waals surface area contributed by atoms with Gasteiger partial charge >= 0.3 is 0 Å². The summed E-state index contributed by atoms with van der Waals surface area (Å²) < 4.78 is 0. The third-order valence-corrected chi connectivity index (χ3v) is 4.68. The van der Waals surface area contributed by atoms with Crippen molar-refractivity contribution < 1.29 is 0 Å². The fourth-order valence-electron chi connectivity index (χ4n) is 3.44. The second-order valence-electron chi connectivity index (χ2n) is 6.28. The van der Waals surface area contributed by atoms with Crippen LogP contribution in [0.3, 0.4) is 0 Å². The van der Waals surface area contributed by atoms with E-state index in [4.69, 9.17) is 0 Å².